The molecule has 1 N–H and O–H groups in total. The van der Waals surface area contributed by atoms with Gasteiger partial charge in [-0.1, -0.05) is 24.3 Å². The SMILES string of the molecule is CC(C)Oc1ccc(-c2ccc(OCCN(C)CC(=O)O)c(C(=O)c3cccs3)c2)cc1. The Morgan fingerprint density at radius 2 is 1.78 bits per heavy atom. The fourth-order valence-electron chi connectivity index (χ4n) is 3.17. The van der Waals surface area contributed by atoms with Gasteiger partial charge in [0.05, 0.1) is 23.1 Å². The number of ketones is 1. The average molecular weight is 454 g/mol. The second kappa shape index (κ2) is 10.9. The minimum atomic E-state index is -0.893. The van der Waals surface area contributed by atoms with Gasteiger partial charge in [-0.05, 0) is 67.7 Å². The molecule has 0 atom stereocenters. The van der Waals surface area contributed by atoms with Gasteiger partial charge in [0.25, 0.3) is 0 Å². The van der Waals surface area contributed by atoms with Crippen molar-refractivity contribution in [2.45, 2.75) is 20.0 Å². The second-order valence-electron chi connectivity index (χ2n) is 7.69. The maximum absolute atomic E-state index is 13.2. The molecule has 32 heavy (non-hydrogen) atoms. The van der Waals surface area contributed by atoms with Gasteiger partial charge in [0.2, 0.25) is 5.78 Å². The third-order valence-electron chi connectivity index (χ3n) is 4.66. The van der Waals surface area contributed by atoms with Crippen LogP contribution in [-0.4, -0.2) is 54.6 Å². The van der Waals surface area contributed by atoms with E-state index in [1.165, 1.54) is 11.3 Å². The van der Waals surface area contributed by atoms with Crippen LogP contribution in [0.15, 0.2) is 60.0 Å². The largest absolute Gasteiger partial charge is 0.491 e. The fraction of sp³-hybridized carbons (Fsp3) is 0.280. The lowest BCUT2D eigenvalue weighted by Gasteiger charge is -2.16. The van der Waals surface area contributed by atoms with E-state index in [0.29, 0.717) is 22.7 Å². The highest BCUT2D eigenvalue weighted by molar-refractivity contribution is 7.12. The minimum absolute atomic E-state index is 0.0696. The van der Waals surface area contributed by atoms with Gasteiger partial charge in [-0.15, -0.1) is 11.3 Å². The van der Waals surface area contributed by atoms with Gasteiger partial charge < -0.3 is 14.6 Å². The molecular formula is C25H27NO5S. The van der Waals surface area contributed by atoms with Gasteiger partial charge in [0.15, 0.2) is 0 Å². The fourth-order valence-corrected chi connectivity index (χ4v) is 3.85. The molecule has 3 aromatic rings. The van der Waals surface area contributed by atoms with Crippen LogP contribution in [0.2, 0.25) is 0 Å². The molecule has 6 nitrogen and oxygen atoms in total. The van der Waals surface area contributed by atoms with E-state index >= 15 is 0 Å². The second-order valence-corrected chi connectivity index (χ2v) is 8.64. The lowest BCUT2D eigenvalue weighted by molar-refractivity contribution is -0.138. The number of hydrogen-bond acceptors (Lipinski definition) is 6. The first-order valence-electron chi connectivity index (χ1n) is 10.4. The van der Waals surface area contributed by atoms with Crippen molar-refractivity contribution in [1.29, 1.82) is 0 Å². The number of thiophene rings is 1. The Bertz CT molecular complexity index is 1040. The van der Waals surface area contributed by atoms with Crippen molar-refractivity contribution in [3.05, 3.63) is 70.4 Å². The monoisotopic (exact) mass is 453 g/mol. The molecule has 0 bridgehead atoms. The van der Waals surface area contributed by atoms with E-state index in [-0.39, 0.29) is 25.0 Å². The van der Waals surface area contributed by atoms with E-state index in [1.54, 1.807) is 24.1 Å². The minimum Gasteiger partial charge on any atom is -0.491 e. The summed E-state index contributed by atoms with van der Waals surface area (Å²) in [7, 11) is 1.71. The molecule has 1 heterocycles. The van der Waals surface area contributed by atoms with Gasteiger partial charge in [0, 0.05) is 6.54 Å². The van der Waals surface area contributed by atoms with E-state index in [1.807, 2.05) is 61.7 Å². The van der Waals surface area contributed by atoms with Crippen LogP contribution in [0, 0.1) is 0 Å². The molecule has 0 aliphatic heterocycles. The molecule has 0 unspecified atom stereocenters. The van der Waals surface area contributed by atoms with E-state index in [2.05, 4.69) is 0 Å². The van der Waals surface area contributed by atoms with Crippen LogP contribution in [0.25, 0.3) is 11.1 Å². The first kappa shape index (κ1) is 23.5. The first-order valence-corrected chi connectivity index (χ1v) is 11.2. The molecule has 0 aliphatic rings. The highest BCUT2D eigenvalue weighted by atomic mass is 32.1. The summed E-state index contributed by atoms with van der Waals surface area (Å²) in [5.41, 5.74) is 2.35. The summed E-state index contributed by atoms with van der Waals surface area (Å²) < 4.78 is 11.6. The van der Waals surface area contributed by atoms with Gasteiger partial charge in [0.1, 0.15) is 18.1 Å². The van der Waals surface area contributed by atoms with Crippen molar-refractivity contribution in [3.63, 3.8) is 0 Å². The molecule has 168 valence electrons. The Morgan fingerprint density at radius 1 is 1.06 bits per heavy atom. The molecule has 0 fully saturated rings. The summed E-state index contributed by atoms with van der Waals surface area (Å²) in [6, 6.07) is 17.0. The van der Waals surface area contributed by atoms with Gasteiger partial charge >= 0.3 is 5.97 Å². The van der Waals surface area contributed by atoms with E-state index < -0.39 is 5.97 Å². The Hall–Kier alpha value is -3.16. The Kier molecular flexibility index (Phi) is 8.03. The normalized spacial score (nSPS) is 11.0. The molecule has 0 aliphatic carbocycles. The Labute approximate surface area is 192 Å². The van der Waals surface area contributed by atoms with Crippen molar-refractivity contribution in [2.24, 2.45) is 0 Å². The highest BCUT2D eigenvalue weighted by Gasteiger charge is 2.17. The van der Waals surface area contributed by atoms with Gasteiger partial charge in [-0.3, -0.25) is 14.5 Å². The summed E-state index contributed by atoms with van der Waals surface area (Å²) in [4.78, 5) is 26.3. The van der Waals surface area contributed by atoms with Crippen LogP contribution >= 0.6 is 11.3 Å². The van der Waals surface area contributed by atoms with E-state index in [4.69, 9.17) is 14.6 Å². The third-order valence-corrected chi connectivity index (χ3v) is 5.53. The number of carboxylic acid groups (broad SMARTS) is 1. The van der Waals surface area contributed by atoms with E-state index in [9.17, 15) is 9.59 Å². The molecule has 2 aromatic carbocycles. The van der Waals surface area contributed by atoms with E-state index in [0.717, 1.165) is 16.9 Å². The highest BCUT2D eigenvalue weighted by Crippen LogP contribution is 2.30. The van der Waals surface area contributed by atoms with Crippen molar-refractivity contribution in [1.82, 2.24) is 4.90 Å². The van der Waals surface area contributed by atoms with Gasteiger partial charge in [-0.2, -0.15) is 0 Å². The molecule has 7 heteroatoms. The van der Waals surface area contributed by atoms with Gasteiger partial charge in [-0.25, -0.2) is 0 Å². The number of hydrogen-bond donors (Lipinski definition) is 1. The van der Waals surface area contributed by atoms with Crippen molar-refractivity contribution >= 4 is 23.1 Å². The summed E-state index contributed by atoms with van der Waals surface area (Å²) in [6.07, 6.45) is 0.0989. The molecule has 0 saturated heterocycles. The first-order chi connectivity index (χ1) is 15.3. The molecule has 1 aromatic heterocycles. The number of carbonyl (C=O) groups is 2. The standard InChI is InChI=1S/C25H27NO5S/c1-17(2)31-20-9-6-18(7-10-20)19-8-11-22(30-13-12-26(3)16-24(27)28)21(15-19)25(29)23-5-4-14-32-23/h4-11,14-15,17H,12-13,16H2,1-3H3,(H,27,28). The molecular weight excluding hydrogens is 426 g/mol. The summed E-state index contributed by atoms with van der Waals surface area (Å²) >= 11 is 1.38. The number of likely N-dealkylation sites (N-methyl/N-ethyl adjacent to an activating group) is 1. The van der Waals surface area contributed by atoms with Crippen LogP contribution in [0.1, 0.15) is 29.1 Å². The zero-order chi connectivity index (χ0) is 23.1. The lowest BCUT2D eigenvalue weighted by Crippen LogP contribution is -2.29. The van der Waals surface area contributed by atoms with Crippen molar-refractivity contribution in [2.75, 3.05) is 26.7 Å². The molecule has 0 radical (unpaired) electrons. The predicted octanol–water partition coefficient (Wildman–Crippen LogP) is 4.83. The predicted molar refractivity (Wildman–Crippen MR) is 126 cm³/mol. The zero-order valence-corrected chi connectivity index (χ0v) is 19.2. The molecule has 0 spiro atoms. The topological polar surface area (TPSA) is 76.1 Å². The number of benzene rings is 2. The maximum atomic E-state index is 13.2. The lowest BCUT2D eigenvalue weighted by atomic mass is 9.99. The summed E-state index contributed by atoms with van der Waals surface area (Å²) in [5.74, 6) is 0.283. The maximum Gasteiger partial charge on any atom is 0.317 e. The Balaban J connectivity index is 1.84. The number of ether oxygens (including phenoxy) is 2. The van der Waals surface area contributed by atoms with Crippen LogP contribution in [0.4, 0.5) is 0 Å². The van der Waals surface area contributed by atoms with Crippen LogP contribution in [-0.2, 0) is 4.79 Å². The summed E-state index contributed by atoms with van der Waals surface area (Å²) in [5, 5.41) is 10.8. The number of rotatable bonds is 11. The quantitative estimate of drug-likeness (QED) is 0.419. The summed E-state index contributed by atoms with van der Waals surface area (Å²) in [6.45, 7) is 4.59. The number of aliphatic carboxylic acids is 1. The van der Waals surface area contributed by atoms with Crippen LogP contribution in [0.3, 0.4) is 0 Å². The van der Waals surface area contributed by atoms with Crippen molar-refractivity contribution < 1.29 is 24.2 Å². The van der Waals surface area contributed by atoms with Crippen LogP contribution < -0.4 is 9.47 Å². The van der Waals surface area contributed by atoms with Crippen molar-refractivity contribution in [3.8, 4) is 22.6 Å². The molecule has 0 amide bonds. The smallest absolute Gasteiger partial charge is 0.317 e. The number of carboxylic acids is 1. The molecule has 0 saturated carbocycles. The average Bonchev–Trinajstić information content (AvgIpc) is 3.28. The number of nitrogens with zero attached hydrogens (tertiary/aromatic N) is 1. The zero-order valence-electron chi connectivity index (χ0n) is 18.4. The van der Waals surface area contributed by atoms with Crippen LogP contribution in [0.5, 0.6) is 11.5 Å². The Morgan fingerprint density at radius 3 is 2.41 bits per heavy atom. The number of carbonyl (C=O) groups excluding carboxylic acids is 1. The molecule has 3 rings (SSSR count). The third kappa shape index (κ3) is 6.42.